The Labute approximate surface area is 250 Å². The van der Waals surface area contributed by atoms with Gasteiger partial charge in [-0.1, -0.05) is 43.7 Å². The van der Waals surface area contributed by atoms with Crippen molar-refractivity contribution < 1.29 is 14.2 Å². The van der Waals surface area contributed by atoms with Gasteiger partial charge in [-0.05, 0) is 87.1 Å². The van der Waals surface area contributed by atoms with Gasteiger partial charge in [-0.25, -0.2) is 8.91 Å². The fourth-order valence-corrected chi connectivity index (χ4v) is 6.76. The predicted molar refractivity (Wildman–Crippen MR) is 161 cm³/mol. The van der Waals surface area contributed by atoms with Crippen LogP contribution in [0.2, 0.25) is 0 Å². The van der Waals surface area contributed by atoms with E-state index in [0.29, 0.717) is 40.0 Å². The molecule has 2 aromatic carbocycles. The van der Waals surface area contributed by atoms with E-state index in [0.717, 1.165) is 57.1 Å². The standard InChI is InChI=1S/C34H38FN5O3/c1-3-7-31-29(18-24-11-10-23(19-30(24)35)28-9-5-4-8-25(28)20-36)32(41)39(33-37-21-38-40(31)33)26-12-14-27(15-13-26)43-22(2)34(42)16-6-17-34/h4-5,8-11,19,21-22,26-27,42H,3,6-7,12-18H2,1-2H3. The zero-order valence-electron chi connectivity index (χ0n) is 24.8. The molecule has 0 bridgehead atoms. The first-order valence-electron chi connectivity index (χ1n) is 15.4. The number of aliphatic hydroxyl groups is 1. The molecule has 9 heteroatoms. The van der Waals surface area contributed by atoms with E-state index in [2.05, 4.69) is 16.2 Å². The van der Waals surface area contributed by atoms with Crippen LogP contribution in [0.3, 0.4) is 0 Å². The van der Waals surface area contributed by atoms with E-state index in [-0.39, 0.29) is 30.2 Å². The Bertz CT molecular complexity index is 1730. The summed E-state index contributed by atoms with van der Waals surface area (Å²) in [4.78, 5) is 18.8. The molecule has 8 nitrogen and oxygen atoms in total. The number of benzene rings is 2. The minimum atomic E-state index is -0.710. The topological polar surface area (TPSA) is 105 Å². The zero-order chi connectivity index (χ0) is 30.1. The lowest BCUT2D eigenvalue weighted by Crippen LogP contribution is -2.49. The summed E-state index contributed by atoms with van der Waals surface area (Å²) in [5, 5.41) is 24.7. The highest BCUT2D eigenvalue weighted by Gasteiger charge is 2.42. The summed E-state index contributed by atoms with van der Waals surface area (Å²) in [6.07, 6.45) is 8.51. The zero-order valence-corrected chi connectivity index (χ0v) is 24.8. The number of aryl methyl sites for hydroxylation is 1. The summed E-state index contributed by atoms with van der Waals surface area (Å²) >= 11 is 0. The number of nitrogens with zero attached hydrogens (tertiary/aromatic N) is 5. The van der Waals surface area contributed by atoms with Gasteiger partial charge in [0.15, 0.2) is 0 Å². The average Bonchev–Trinajstić information content (AvgIpc) is 3.48. The van der Waals surface area contributed by atoms with Gasteiger partial charge in [0.1, 0.15) is 12.1 Å². The molecular weight excluding hydrogens is 545 g/mol. The van der Waals surface area contributed by atoms with Gasteiger partial charge in [0, 0.05) is 18.0 Å². The number of fused-ring (bicyclic) bond motifs is 1. The Kier molecular flexibility index (Phi) is 8.17. The highest BCUT2D eigenvalue weighted by atomic mass is 19.1. The van der Waals surface area contributed by atoms with Gasteiger partial charge in [0.2, 0.25) is 5.78 Å². The monoisotopic (exact) mass is 583 g/mol. The number of halogens is 1. The van der Waals surface area contributed by atoms with Crippen molar-refractivity contribution in [3.63, 3.8) is 0 Å². The first kappa shape index (κ1) is 29.2. The predicted octanol–water partition coefficient (Wildman–Crippen LogP) is 5.92. The molecule has 1 unspecified atom stereocenters. The summed E-state index contributed by atoms with van der Waals surface area (Å²) in [7, 11) is 0. The molecule has 2 fully saturated rings. The SMILES string of the molecule is CCCc1c(Cc2ccc(-c3ccccc3C#N)cc2F)c(=O)n(C2CCC(OC(C)C3(O)CCC3)CC2)c2ncnn12. The van der Waals surface area contributed by atoms with E-state index in [1.807, 2.05) is 26.0 Å². The maximum absolute atomic E-state index is 15.6. The first-order chi connectivity index (χ1) is 20.8. The average molecular weight is 584 g/mol. The van der Waals surface area contributed by atoms with Crippen LogP contribution in [-0.2, 0) is 17.6 Å². The van der Waals surface area contributed by atoms with Crippen LogP contribution in [0, 0.1) is 17.1 Å². The van der Waals surface area contributed by atoms with Crippen molar-refractivity contribution in [2.75, 3.05) is 0 Å². The van der Waals surface area contributed by atoms with Crippen molar-refractivity contribution in [3.05, 3.63) is 87.3 Å². The number of nitriles is 1. The molecule has 2 aliphatic rings. The Morgan fingerprint density at radius 2 is 1.95 bits per heavy atom. The van der Waals surface area contributed by atoms with Crippen molar-refractivity contribution in [2.24, 2.45) is 0 Å². The third-order valence-electron chi connectivity index (χ3n) is 9.47. The van der Waals surface area contributed by atoms with Crippen molar-refractivity contribution in [1.29, 1.82) is 5.26 Å². The number of hydrogen-bond donors (Lipinski definition) is 1. The second-order valence-corrected chi connectivity index (χ2v) is 12.1. The van der Waals surface area contributed by atoms with Crippen molar-refractivity contribution in [3.8, 4) is 17.2 Å². The van der Waals surface area contributed by atoms with Gasteiger partial charge >= 0.3 is 0 Å². The lowest BCUT2D eigenvalue weighted by atomic mass is 9.76. The molecule has 2 aromatic heterocycles. The number of rotatable bonds is 9. The molecule has 2 saturated carbocycles. The fourth-order valence-electron chi connectivity index (χ4n) is 6.76. The summed E-state index contributed by atoms with van der Waals surface area (Å²) in [6, 6.07) is 14.2. The van der Waals surface area contributed by atoms with E-state index in [1.54, 1.807) is 33.3 Å². The van der Waals surface area contributed by atoms with Crippen LogP contribution in [0.4, 0.5) is 4.39 Å². The van der Waals surface area contributed by atoms with Crippen LogP contribution < -0.4 is 5.56 Å². The van der Waals surface area contributed by atoms with Crippen LogP contribution in [-0.4, -0.2) is 42.1 Å². The van der Waals surface area contributed by atoms with Gasteiger partial charge in [0.05, 0.1) is 35.1 Å². The molecule has 43 heavy (non-hydrogen) atoms. The Morgan fingerprint density at radius 1 is 1.19 bits per heavy atom. The summed E-state index contributed by atoms with van der Waals surface area (Å²) in [5.41, 5.74) is 2.61. The van der Waals surface area contributed by atoms with Crippen molar-refractivity contribution >= 4 is 5.78 Å². The van der Waals surface area contributed by atoms with Gasteiger partial charge in [0.25, 0.3) is 5.56 Å². The minimum absolute atomic E-state index is 0.0399. The fraction of sp³-hybridized carbons (Fsp3) is 0.471. The molecule has 2 aliphatic carbocycles. The Hall–Kier alpha value is -3.87. The molecular formula is C34H38FN5O3. The van der Waals surface area contributed by atoms with Crippen LogP contribution >= 0.6 is 0 Å². The third-order valence-corrected chi connectivity index (χ3v) is 9.47. The Balaban J connectivity index is 1.30. The van der Waals surface area contributed by atoms with E-state index >= 15 is 4.39 Å². The second-order valence-electron chi connectivity index (χ2n) is 12.1. The first-order valence-corrected chi connectivity index (χ1v) is 15.4. The van der Waals surface area contributed by atoms with E-state index < -0.39 is 11.4 Å². The van der Waals surface area contributed by atoms with Gasteiger partial charge in [-0.15, -0.1) is 0 Å². The molecule has 0 saturated heterocycles. The molecule has 2 heterocycles. The third kappa shape index (κ3) is 5.50. The molecule has 0 aliphatic heterocycles. The van der Waals surface area contributed by atoms with Crippen LogP contribution in [0.1, 0.15) is 93.6 Å². The summed E-state index contributed by atoms with van der Waals surface area (Å²) in [6.45, 7) is 4.00. The quantitative estimate of drug-likeness (QED) is 0.262. The normalized spacial score (nSPS) is 20.4. The van der Waals surface area contributed by atoms with E-state index in [9.17, 15) is 15.2 Å². The van der Waals surface area contributed by atoms with E-state index in [4.69, 9.17) is 4.74 Å². The summed E-state index contributed by atoms with van der Waals surface area (Å²) in [5.74, 6) is 0.0971. The highest BCUT2D eigenvalue weighted by molar-refractivity contribution is 5.70. The highest BCUT2D eigenvalue weighted by Crippen LogP contribution is 2.39. The van der Waals surface area contributed by atoms with Gasteiger partial charge in [-0.3, -0.25) is 9.36 Å². The molecule has 4 aromatic rings. The molecule has 1 N–H and O–H groups in total. The van der Waals surface area contributed by atoms with Gasteiger partial charge < -0.3 is 9.84 Å². The van der Waals surface area contributed by atoms with Crippen molar-refractivity contribution in [1.82, 2.24) is 19.2 Å². The largest absolute Gasteiger partial charge is 0.387 e. The van der Waals surface area contributed by atoms with Crippen LogP contribution in [0.5, 0.6) is 0 Å². The lowest BCUT2D eigenvalue weighted by molar-refractivity contribution is -0.167. The lowest BCUT2D eigenvalue weighted by Gasteiger charge is -2.43. The Morgan fingerprint density at radius 3 is 2.63 bits per heavy atom. The van der Waals surface area contributed by atoms with E-state index in [1.165, 1.54) is 12.4 Å². The number of aromatic nitrogens is 4. The minimum Gasteiger partial charge on any atom is -0.387 e. The smallest absolute Gasteiger partial charge is 0.259 e. The van der Waals surface area contributed by atoms with Gasteiger partial charge in [-0.2, -0.15) is 15.3 Å². The molecule has 224 valence electrons. The molecule has 0 amide bonds. The maximum Gasteiger partial charge on any atom is 0.259 e. The van der Waals surface area contributed by atoms with Crippen LogP contribution in [0.25, 0.3) is 16.9 Å². The molecule has 0 spiro atoms. The summed E-state index contributed by atoms with van der Waals surface area (Å²) < 4.78 is 25.4. The molecule has 0 radical (unpaired) electrons. The number of hydrogen-bond acceptors (Lipinski definition) is 6. The molecule has 6 rings (SSSR count). The number of ether oxygens (including phenoxy) is 1. The van der Waals surface area contributed by atoms with Crippen molar-refractivity contribution in [2.45, 2.75) is 102 Å². The molecule has 1 atom stereocenters. The second kappa shape index (κ2) is 12.0. The van der Waals surface area contributed by atoms with Crippen LogP contribution in [0.15, 0.2) is 53.6 Å². The maximum atomic E-state index is 15.6.